The van der Waals surface area contributed by atoms with E-state index in [0.717, 1.165) is 37.2 Å². The Labute approximate surface area is 169 Å². The van der Waals surface area contributed by atoms with Gasteiger partial charge in [0.2, 0.25) is 11.8 Å². The standard InChI is InChI=1S/C23H35N3O2/c1-7-18(14-24(6)15(2)3)20-10-11-21-22(12-20)25(23(28)19-8-9-19)13-16(4)26(21)17(5)27/h10-12,15-16,18-19H,7-9,13-14H2,1-6H3/t16-,18?/m0/s1. The van der Waals surface area contributed by atoms with Crippen LogP contribution in [0.4, 0.5) is 11.4 Å². The van der Waals surface area contributed by atoms with Gasteiger partial charge in [0.05, 0.1) is 17.4 Å². The molecule has 1 aliphatic heterocycles. The number of hydrogen-bond acceptors (Lipinski definition) is 3. The van der Waals surface area contributed by atoms with Crippen LogP contribution in [0.15, 0.2) is 18.2 Å². The lowest BCUT2D eigenvalue weighted by Crippen LogP contribution is -2.51. The zero-order chi connectivity index (χ0) is 20.6. The van der Waals surface area contributed by atoms with Crippen molar-refractivity contribution in [3.63, 3.8) is 0 Å². The molecule has 2 aliphatic rings. The van der Waals surface area contributed by atoms with Gasteiger partial charge in [-0.25, -0.2) is 0 Å². The zero-order valence-corrected chi connectivity index (χ0v) is 18.2. The van der Waals surface area contributed by atoms with Crippen molar-refractivity contribution in [2.24, 2.45) is 5.92 Å². The minimum atomic E-state index is -0.00686. The van der Waals surface area contributed by atoms with Gasteiger partial charge in [-0.3, -0.25) is 9.59 Å². The minimum absolute atomic E-state index is 0.00686. The van der Waals surface area contributed by atoms with Crippen molar-refractivity contribution in [2.45, 2.75) is 71.9 Å². The average Bonchev–Trinajstić information content (AvgIpc) is 3.49. The van der Waals surface area contributed by atoms with Crippen LogP contribution >= 0.6 is 0 Å². The molecular weight excluding hydrogens is 350 g/mol. The number of hydrogen-bond donors (Lipinski definition) is 0. The maximum Gasteiger partial charge on any atom is 0.230 e. The van der Waals surface area contributed by atoms with E-state index in [0.29, 0.717) is 18.5 Å². The van der Waals surface area contributed by atoms with Gasteiger partial charge >= 0.3 is 0 Å². The second-order valence-corrected chi connectivity index (χ2v) is 8.85. The van der Waals surface area contributed by atoms with Crippen molar-refractivity contribution in [2.75, 3.05) is 29.9 Å². The first-order valence-corrected chi connectivity index (χ1v) is 10.7. The molecule has 3 rings (SSSR count). The predicted molar refractivity (Wildman–Crippen MR) is 115 cm³/mol. The quantitative estimate of drug-likeness (QED) is 0.743. The Morgan fingerprint density at radius 2 is 1.89 bits per heavy atom. The highest BCUT2D eigenvalue weighted by atomic mass is 16.2. The van der Waals surface area contributed by atoms with E-state index in [1.54, 1.807) is 6.92 Å². The van der Waals surface area contributed by atoms with Gasteiger partial charge in [0.1, 0.15) is 0 Å². The van der Waals surface area contributed by atoms with Crippen LogP contribution in [0.1, 0.15) is 65.4 Å². The van der Waals surface area contributed by atoms with Crippen molar-refractivity contribution in [1.82, 2.24) is 4.90 Å². The summed E-state index contributed by atoms with van der Waals surface area (Å²) in [6.07, 6.45) is 3.02. The average molecular weight is 386 g/mol. The Morgan fingerprint density at radius 1 is 1.21 bits per heavy atom. The van der Waals surface area contributed by atoms with E-state index < -0.39 is 0 Å². The van der Waals surface area contributed by atoms with Gasteiger partial charge < -0.3 is 14.7 Å². The zero-order valence-electron chi connectivity index (χ0n) is 18.2. The van der Waals surface area contributed by atoms with Crippen LogP contribution in [0.3, 0.4) is 0 Å². The van der Waals surface area contributed by atoms with Gasteiger partial charge in [0, 0.05) is 32.0 Å². The topological polar surface area (TPSA) is 43.9 Å². The number of carbonyl (C=O) groups is 2. The van der Waals surface area contributed by atoms with Crippen LogP contribution in [-0.4, -0.2) is 48.9 Å². The summed E-state index contributed by atoms with van der Waals surface area (Å²) >= 11 is 0. The fourth-order valence-electron chi connectivity index (χ4n) is 4.16. The summed E-state index contributed by atoms with van der Waals surface area (Å²) in [7, 11) is 2.16. The van der Waals surface area contributed by atoms with E-state index >= 15 is 0 Å². The molecular formula is C23H35N3O2. The van der Waals surface area contributed by atoms with Crippen molar-refractivity contribution in [3.8, 4) is 0 Å². The molecule has 1 aromatic rings. The summed E-state index contributed by atoms with van der Waals surface area (Å²) in [4.78, 5) is 31.4. The smallest absolute Gasteiger partial charge is 0.230 e. The van der Waals surface area contributed by atoms with E-state index in [4.69, 9.17) is 0 Å². The largest absolute Gasteiger partial charge is 0.308 e. The number of benzene rings is 1. The molecule has 0 bridgehead atoms. The van der Waals surface area contributed by atoms with Crippen LogP contribution in [0.25, 0.3) is 0 Å². The SMILES string of the molecule is CCC(CN(C)C(C)C)c1ccc2c(c1)N(C(=O)C1CC1)C[C@H](C)N2C(C)=O. The van der Waals surface area contributed by atoms with Gasteiger partial charge in [-0.05, 0) is 70.7 Å². The van der Waals surface area contributed by atoms with Gasteiger partial charge in [-0.2, -0.15) is 0 Å². The molecule has 154 valence electrons. The molecule has 1 fully saturated rings. The van der Waals surface area contributed by atoms with Crippen molar-refractivity contribution >= 4 is 23.2 Å². The van der Waals surface area contributed by atoms with Crippen LogP contribution in [0.2, 0.25) is 0 Å². The monoisotopic (exact) mass is 385 g/mol. The molecule has 2 amide bonds. The first-order valence-electron chi connectivity index (χ1n) is 10.7. The lowest BCUT2D eigenvalue weighted by Gasteiger charge is -2.41. The van der Waals surface area contributed by atoms with Crippen LogP contribution in [0, 0.1) is 5.92 Å². The summed E-state index contributed by atoms with van der Waals surface area (Å²) in [6.45, 7) is 11.8. The third-order valence-corrected chi connectivity index (χ3v) is 6.32. The molecule has 0 spiro atoms. The molecule has 1 aromatic carbocycles. The molecule has 1 heterocycles. The molecule has 5 nitrogen and oxygen atoms in total. The highest BCUT2D eigenvalue weighted by molar-refractivity contribution is 6.05. The summed E-state index contributed by atoms with van der Waals surface area (Å²) < 4.78 is 0. The number of fused-ring (bicyclic) bond motifs is 1. The molecule has 0 N–H and O–H groups in total. The number of likely N-dealkylation sites (N-methyl/N-ethyl adjacent to an activating group) is 1. The van der Waals surface area contributed by atoms with Crippen molar-refractivity contribution < 1.29 is 9.59 Å². The third kappa shape index (κ3) is 4.09. The van der Waals surface area contributed by atoms with E-state index in [1.807, 2.05) is 22.8 Å². The number of rotatable bonds is 6. The Bertz CT molecular complexity index is 741. The first kappa shape index (κ1) is 20.8. The molecule has 0 aromatic heterocycles. The number of nitrogens with zero attached hydrogens (tertiary/aromatic N) is 3. The summed E-state index contributed by atoms with van der Waals surface area (Å²) in [5.41, 5.74) is 3.03. The second-order valence-electron chi connectivity index (χ2n) is 8.85. The fourth-order valence-corrected chi connectivity index (χ4v) is 4.16. The van der Waals surface area contributed by atoms with Crippen molar-refractivity contribution in [3.05, 3.63) is 23.8 Å². The maximum atomic E-state index is 13.0. The Hall–Kier alpha value is -1.88. The Morgan fingerprint density at radius 3 is 2.43 bits per heavy atom. The molecule has 0 radical (unpaired) electrons. The van der Waals surface area contributed by atoms with Gasteiger partial charge in [-0.15, -0.1) is 0 Å². The molecule has 5 heteroatoms. The minimum Gasteiger partial charge on any atom is -0.308 e. The summed E-state index contributed by atoms with van der Waals surface area (Å²) in [5.74, 6) is 0.828. The molecule has 1 unspecified atom stereocenters. The normalized spacial score (nSPS) is 20.5. The second kappa shape index (κ2) is 8.24. The predicted octanol–water partition coefficient (Wildman–Crippen LogP) is 4.02. The lowest BCUT2D eigenvalue weighted by atomic mass is 9.93. The Balaban J connectivity index is 1.99. The molecule has 28 heavy (non-hydrogen) atoms. The number of carbonyl (C=O) groups excluding carboxylic acids is 2. The highest BCUT2D eigenvalue weighted by Gasteiger charge is 2.39. The van der Waals surface area contributed by atoms with Crippen molar-refractivity contribution in [1.29, 1.82) is 0 Å². The van der Waals surface area contributed by atoms with E-state index in [-0.39, 0.29) is 23.8 Å². The van der Waals surface area contributed by atoms with Crippen LogP contribution < -0.4 is 9.80 Å². The van der Waals surface area contributed by atoms with E-state index in [1.165, 1.54) is 5.56 Å². The number of amides is 2. The van der Waals surface area contributed by atoms with Gasteiger partial charge in [0.25, 0.3) is 0 Å². The van der Waals surface area contributed by atoms with Gasteiger partial charge in [-0.1, -0.05) is 13.0 Å². The third-order valence-electron chi connectivity index (χ3n) is 6.32. The van der Waals surface area contributed by atoms with Crippen LogP contribution in [0.5, 0.6) is 0 Å². The molecule has 1 aliphatic carbocycles. The summed E-state index contributed by atoms with van der Waals surface area (Å²) in [5, 5.41) is 0. The van der Waals surface area contributed by atoms with Crippen LogP contribution in [-0.2, 0) is 9.59 Å². The molecule has 2 atom stereocenters. The number of anilines is 2. The van der Waals surface area contributed by atoms with Gasteiger partial charge in [0.15, 0.2) is 0 Å². The first-order chi connectivity index (χ1) is 13.2. The summed E-state index contributed by atoms with van der Waals surface area (Å²) in [6, 6.07) is 6.85. The molecule has 1 saturated carbocycles. The highest BCUT2D eigenvalue weighted by Crippen LogP contribution is 2.41. The van der Waals surface area contributed by atoms with E-state index in [2.05, 4.69) is 44.9 Å². The lowest BCUT2D eigenvalue weighted by molar-refractivity contribution is -0.120. The molecule has 0 saturated heterocycles. The fraction of sp³-hybridized carbons (Fsp3) is 0.652. The Kier molecular flexibility index (Phi) is 6.13. The maximum absolute atomic E-state index is 13.0. The van der Waals surface area contributed by atoms with E-state index in [9.17, 15) is 9.59 Å².